The van der Waals surface area contributed by atoms with Crippen molar-refractivity contribution in [2.45, 2.75) is 16.6 Å². The third kappa shape index (κ3) is 4.25. The first kappa shape index (κ1) is 16.7. The van der Waals surface area contributed by atoms with Crippen molar-refractivity contribution in [3.63, 3.8) is 0 Å². The van der Waals surface area contributed by atoms with Gasteiger partial charge in [0, 0.05) is 36.0 Å². The van der Waals surface area contributed by atoms with Crippen molar-refractivity contribution in [3.05, 3.63) is 29.7 Å². The Labute approximate surface area is 147 Å². The van der Waals surface area contributed by atoms with Gasteiger partial charge in [-0.15, -0.1) is 23.5 Å². The van der Waals surface area contributed by atoms with E-state index in [-0.39, 0.29) is 5.25 Å². The number of rotatable bonds is 5. The summed E-state index contributed by atoms with van der Waals surface area (Å²) in [5.41, 5.74) is 2.33. The molecule has 0 aliphatic carbocycles. The number of nitrogens with zero attached hydrogens (tertiary/aromatic N) is 2. The molecule has 0 aromatic heterocycles. The number of likely N-dealkylation sites (N-methyl/N-ethyl adjacent to an activating group) is 1. The molecule has 1 aromatic rings. The Morgan fingerprint density at radius 2 is 2.30 bits per heavy atom. The number of thioether (sulfide) groups is 2. The SMILES string of the molecule is CN(C)CCN1CCSc2ccc(NC(=N)C3CC=CS3)cc21. The lowest BCUT2D eigenvalue weighted by Crippen LogP contribution is -2.35. The minimum atomic E-state index is 0.241. The number of allylic oxidation sites excluding steroid dienone is 1. The first-order chi connectivity index (χ1) is 11.1. The van der Waals surface area contributed by atoms with Gasteiger partial charge in [-0.25, -0.2) is 0 Å². The Morgan fingerprint density at radius 1 is 1.43 bits per heavy atom. The van der Waals surface area contributed by atoms with E-state index in [4.69, 9.17) is 5.41 Å². The normalized spacial score (nSPS) is 20.0. The van der Waals surface area contributed by atoms with E-state index in [1.54, 1.807) is 11.8 Å². The monoisotopic (exact) mass is 348 g/mol. The number of nitrogens with one attached hydrogen (secondary N) is 2. The highest BCUT2D eigenvalue weighted by Crippen LogP contribution is 2.36. The van der Waals surface area contributed by atoms with Crippen molar-refractivity contribution < 1.29 is 0 Å². The number of anilines is 2. The molecule has 6 heteroatoms. The van der Waals surface area contributed by atoms with E-state index < -0.39 is 0 Å². The zero-order valence-electron chi connectivity index (χ0n) is 13.7. The predicted molar refractivity (Wildman–Crippen MR) is 104 cm³/mol. The molecule has 0 fully saturated rings. The predicted octanol–water partition coefficient (Wildman–Crippen LogP) is 3.57. The molecule has 0 bridgehead atoms. The first-order valence-corrected chi connectivity index (χ1v) is 9.89. The molecule has 4 nitrogen and oxygen atoms in total. The molecule has 0 saturated carbocycles. The summed E-state index contributed by atoms with van der Waals surface area (Å²) in [5.74, 6) is 1.75. The fourth-order valence-corrected chi connectivity index (χ4v) is 4.57. The highest BCUT2D eigenvalue weighted by atomic mass is 32.2. The van der Waals surface area contributed by atoms with Crippen molar-refractivity contribution in [1.82, 2.24) is 4.90 Å². The van der Waals surface area contributed by atoms with E-state index in [2.05, 4.69) is 58.9 Å². The third-order valence-electron chi connectivity index (χ3n) is 4.03. The number of fused-ring (bicyclic) bond motifs is 1. The average molecular weight is 349 g/mol. The highest BCUT2D eigenvalue weighted by Gasteiger charge is 2.20. The molecule has 3 rings (SSSR count). The second-order valence-corrected chi connectivity index (χ2v) is 8.34. The topological polar surface area (TPSA) is 42.4 Å². The van der Waals surface area contributed by atoms with Crippen molar-refractivity contribution in [1.29, 1.82) is 5.41 Å². The number of hydrogen-bond donors (Lipinski definition) is 2. The second-order valence-electron chi connectivity index (χ2n) is 6.09. The summed E-state index contributed by atoms with van der Waals surface area (Å²) < 4.78 is 0. The summed E-state index contributed by atoms with van der Waals surface area (Å²) in [6.45, 7) is 3.20. The molecule has 0 amide bonds. The lowest BCUT2D eigenvalue weighted by molar-refractivity contribution is 0.413. The van der Waals surface area contributed by atoms with Gasteiger partial charge in [0.1, 0.15) is 5.84 Å². The van der Waals surface area contributed by atoms with E-state index in [1.807, 2.05) is 11.8 Å². The molecule has 0 spiro atoms. The molecule has 1 unspecified atom stereocenters. The van der Waals surface area contributed by atoms with Crippen molar-refractivity contribution in [3.8, 4) is 0 Å². The average Bonchev–Trinajstić information content (AvgIpc) is 3.07. The maximum atomic E-state index is 8.25. The van der Waals surface area contributed by atoms with Crippen LogP contribution in [0.3, 0.4) is 0 Å². The Bertz CT molecular complexity index is 592. The van der Waals surface area contributed by atoms with Gasteiger partial charge in [-0.3, -0.25) is 5.41 Å². The number of amidine groups is 1. The molecular formula is C17H24N4S2. The standard InChI is InChI=1S/C17H24N4S2/c1-20(2)7-8-21-9-11-23-15-6-5-13(12-14(15)21)19-17(18)16-4-3-10-22-16/h3,5-6,10,12,16H,4,7-9,11H2,1-2H3,(H2,18,19). The smallest absolute Gasteiger partial charge is 0.112 e. The summed E-state index contributed by atoms with van der Waals surface area (Å²) in [5, 5.41) is 13.9. The Morgan fingerprint density at radius 3 is 3.04 bits per heavy atom. The lowest BCUT2D eigenvalue weighted by atomic mass is 10.2. The van der Waals surface area contributed by atoms with Gasteiger partial charge in [0.05, 0.1) is 10.9 Å². The Balaban J connectivity index is 1.71. The Hall–Kier alpha value is -1.11. The molecule has 2 aliphatic rings. The zero-order chi connectivity index (χ0) is 16.2. The Kier molecular flexibility index (Phi) is 5.56. The molecule has 0 radical (unpaired) electrons. The highest BCUT2D eigenvalue weighted by molar-refractivity contribution is 8.03. The van der Waals surface area contributed by atoms with E-state index in [1.165, 1.54) is 10.6 Å². The van der Waals surface area contributed by atoms with Crippen LogP contribution in [-0.2, 0) is 0 Å². The molecule has 0 saturated heterocycles. The van der Waals surface area contributed by atoms with Crippen LogP contribution in [0.5, 0.6) is 0 Å². The molecule has 2 heterocycles. The van der Waals surface area contributed by atoms with E-state index in [9.17, 15) is 0 Å². The van der Waals surface area contributed by atoms with Crippen LogP contribution in [0.4, 0.5) is 11.4 Å². The van der Waals surface area contributed by atoms with Crippen molar-refractivity contribution in [2.75, 3.05) is 49.7 Å². The molecule has 2 N–H and O–H groups in total. The van der Waals surface area contributed by atoms with Crippen LogP contribution in [0.15, 0.2) is 34.6 Å². The summed E-state index contributed by atoms with van der Waals surface area (Å²) in [4.78, 5) is 6.04. The number of hydrogen-bond acceptors (Lipinski definition) is 5. The van der Waals surface area contributed by atoms with Crippen molar-refractivity contribution in [2.24, 2.45) is 0 Å². The first-order valence-electron chi connectivity index (χ1n) is 7.96. The summed E-state index contributed by atoms with van der Waals surface area (Å²) >= 11 is 3.65. The van der Waals surface area contributed by atoms with E-state index in [0.717, 1.165) is 37.5 Å². The van der Waals surface area contributed by atoms with Gasteiger partial charge >= 0.3 is 0 Å². The van der Waals surface area contributed by atoms with E-state index in [0.29, 0.717) is 5.84 Å². The van der Waals surface area contributed by atoms with Crippen LogP contribution >= 0.6 is 23.5 Å². The van der Waals surface area contributed by atoms with E-state index >= 15 is 0 Å². The van der Waals surface area contributed by atoms with Crippen molar-refractivity contribution >= 4 is 40.7 Å². The van der Waals surface area contributed by atoms with Gasteiger partial charge < -0.3 is 15.1 Å². The zero-order valence-corrected chi connectivity index (χ0v) is 15.3. The quantitative estimate of drug-likeness (QED) is 0.629. The van der Waals surface area contributed by atoms with Gasteiger partial charge in [-0.05, 0) is 44.1 Å². The fraction of sp³-hybridized carbons (Fsp3) is 0.471. The van der Waals surface area contributed by atoms with Crippen LogP contribution in [0.1, 0.15) is 6.42 Å². The van der Waals surface area contributed by atoms with Crippen LogP contribution in [-0.4, -0.2) is 55.5 Å². The summed E-state index contributed by atoms with van der Waals surface area (Å²) in [6, 6.07) is 6.50. The molecular weight excluding hydrogens is 324 g/mol. The maximum Gasteiger partial charge on any atom is 0.112 e. The van der Waals surface area contributed by atoms with Crippen LogP contribution in [0.25, 0.3) is 0 Å². The second kappa shape index (κ2) is 7.64. The third-order valence-corrected chi connectivity index (χ3v) is 6.17. The van der Waals surface area contributed by atoms with Gasteiger partial charge in [0.15, 0.2) is 0 Å². The summed E-state index contributed by atoms with van der Waals surface area (Å²) in [6.07, 6.45) is 3.09. The molecule has 1 aromatic carbocycles. The fourth-order valence-electron chi connectivity index (χ4n) is 2.71. The number of benzene rings is 1. The van der Waals surface area contributed by atoms with Crippen LogP contribution < -0.4 is 10.2 Å². The molecule has 1 atom stereocenters. The minimum absolute atomic E-state index is 0.241. The van der Waals surface area contributed by atoms with Crippen LogP contribution in [0, 0.1) is 5.41 Å². The molecule has 23 heavy (non-hydrogen) atoms. The molecule has 124 valence electrons. The minimum Gasteiger partial charge on any atom is -0.368 e. The lowest BCUT2D eigenvalue weighted by Gasteiger charge is -2.32. The maximum absolute atomic E-state index is 8.25. The van der Waals surface area contributed by atoms with Crippen LogP contribution in [0.2, 0.25) is 0 Å². The van der Waals surface area contributed by atoms with Gasteiger partial charge in [0.2, 0.25) is 0 Å². The van der Waals surface area contributed by atoms with Gasteiger partial charge in [0.25, 0.3) is 0 Å². The summed E-state index contributed by atoms with van der Waals surface area (Å²) in [7, 11) is 4.23. The largest absolute Gasteiger partial charge is 0.368 e. The van der Waals surface area contributed by atoms with Gasteiger partial charge in [-0.2, -0.15) is 0 Å². The molecule has 2 aliphatic heterocycles. The van der Waals surface area contributed by atoms with Gasteiger partial charge in [-0.1, -0.05) is 6.08 Å².